The van der Waals surface area contributed by atoms with Crippen molar-refractivity contribution < 1.29 is 28.4 Å². The highest BCUT2D eigenvalue weighted by Crippen LogP contribution is 2.15. The van der Waals surface area contributed by atoms with Gasteiger partial charge >= 0.3 is 12.1 Å². The van der Waals surface area contributed by atoms with Gasteiger partial charge in [-0.05, 0) is 52.8 Å². The summed E-state index contributed by atoms with van der Waals surface area (Å²) in [6.07, 6.45) is -1.71. The molecule has 0 radical (unpaired) electrons. The second-order valence-electron chi connectivity index (χ2n) is 7.07. The third-order valence-corrected chi connectivity index (χ3v) is 3.28. The number of hydrogen-bond acceptors (Lipinski definition) is 7. The maximum Gasteiger partial charge on any atom is 0.412 e. The van der Waals surface area contributed by atoms with Gasteiger partial charge < -0.3 is 19.3 Å². The zero-order valence-corrected chi connectivity index (χ0v) is 16.4. The molecule has 0 spiro atoms. The number of carbonyl (C=O) groups excluding carboxylic acids is 3. The van der Waals surface area contributed by atoms with Crippen LogP contribution in [0, 0.1) is 6.92 Å². The number of rotatable bonds is 5. The average Bonchev–Trinajstić information content (AvgIpc) is 2.98. The molecule has 0 saturated heterocycles. The van der Waals surface area contributed by atoms with Crippen molar-refractivity contribution in [2.45, 2.75) is 46.3 Å². The molecule has 2 N–H and O–H groups in total. The number of esters is 1. The van der Waals surface area contributed by atoms with Gasteiger partial charge in [-0.3, -0.25) is 10.1 Å². The second kappa shape index (κ2) is 8.55. The Kier molecular flexibility index (Phi) is 6.40. The van der Waals surface area contributed by atoms with E-state index in [2.05, 4.69) is 15.8 Å². The third kappa shape index (κ3) is 6.42. The summed E-state index contributed by atoms with van der Waals surface area (Å²) >= 11 is 0. The monoisotopic (exact) mass is 389 g/mol. The summed E-state index contributed by atoms with van der Waals surface area (Å²) in [6.45, 7) is 8.35. The molecule has 9 heteroatoms. The number of ether oxygens (including phenoxy) is 2. The topological polar surface area (TPSA) is 120 Å². The van der Waals surface area contributed by atoms with Crippen LogP contribution in [0.15, 0.2) is 34.9 Å². The molecular weight excluding hydrogens is 366 g/mol. The Morgan fingerprint density at radius 1 is 1.14 bits per heavy atom. The summed E-state index contributed by atoms with van der Waals surface area (Å²) in [5.74, 6) is -0.500. The van der Waals surface area contributed by atoms with Gasteiger partial charge in [0, 0.05) is 11.8 Å². The maximum atomic E-state index is 12.3. The van der Waals surface area contributed by atoms with E-state index in [1.165, 1.54) is 25.1 Å². The quantitative estimate of drug-likeness (QED) is 0.751. The summed E-state index contributed by atoms with van der Waals surface area (Å²) in [4.78, 5) is 36.2. The molecule has 28 heavy (non-hydrogen) atoms. The molecule has 1 heterocycles. The molecule has 2 rings (SSSR count). The summed E-state index contributed by atoms with van der Waals surface area (Å²) in [6, 6.07) is 7.65. The minimum absolute atomic E-state index is 0.172. The van der Waals surface area contributed by atoms with Crippen molar-refractivity contribution >= 4 is 29.5 Å². The van der Waals surface area contributed by atoms with Crippen LogP contribution in [0.4, 0.5) is 16.3 Å². The molecule has 1 aromatic heterocycles. The lowest BCUT2D eigenvalue weighted by Gasteiger charge is -2.19. The molecule has 1 aromatic carbocycles. The normalized spacial score (nSPS) is 12.0. The van der Waals surface area contributed by atoms with Crippen molar-refractivity contribution in [3.05, 3.63) is 41.7 Å². The number of aryl methyl sites for hydroxylation is 1. The molecule has 0 aliphatic heterocycles. The van der Waals surface area contributed by atoms with Gasteiger partial charge in [0.1, 0.15) is 11.4 Å². The first kappa shape index (κ1) is 20.9. The van der Waals surface area contributed by atoms with Crippen molar-refractivity contribution in [3.63, 3.8) is 0 Å². The van der Waals surface area contributed by atoms with Gasteiger partial charge in [0.15, 0.2) is 11.9 Å². The number of nitrogens with one attached hydrogen (secondary N) is 2. The van der Waals surface area contributed by atoms with Crippen molar-refractivity contribution in [3.8, 4) is 0 Å². The third-order valence-electron chi connectivity index (χ3n) is 3.28. The summed E-state index contributed by atoms with van der Waals surface area (Å²) in [5.41, 5.74) is -0.115. The first-order valence-electron chi connectivity index (χ1n) is 8.59. The van der Waals surface area contributed by atoms with E-state index in [1.54, 1.807) is 39.8 Å². The minimum atomic E-state index is -1.06. The van der Waals surface area contributed by atoms with Crippen LogP contribution in [0.1, 0.15) is 43.8 Å². The Balaban J connectivity index is 1.96. The van der Waals surface area contributed by atoms with Crippen LogP contribution in [0.25, 0.3) is 0 Å². The lowest BCUT2D eigenvalue weighted by Crippen LogP contribution is -2.30. The van der Waals surface area contributed by atoms with E-state index in [0.717, 1.165) is 0 Å². The lowest BCUT2D eigenvalue weighted by atomic mass is 10.2. The molecular formula is C19H23N3O6. The van der Waals surface area contributed by atoms with Crippen molar-refractivity contribution in [1.82, 2.24) is 5.16 Å². The Bertz CT molecular complexity index is 869. The average molecular weight is 389 g/mol. The predicted molar refractivity (Wildman–Crippen MR) is 101 cm³/mol. The summed E-state index contributed by atoms with van der Waals surface area (Å²) in [7, 11) is 0. The van der Waals surface area contributed by atoms with Crippen LogP contribution in [0.2, 0.25) is 0 Å². The second-order valence-corrected chi connectivity index (χ2v) is 7.07. The van der Waals surface area contributed by atoms with Crippen molar-refractivity contribution in [1.29, 1.82) is 0 Å². The highest BCUT2D eigenvalue weighted by Gasteiger charge is 2.21. The van der Waals surface area contributed by atoms with Crippen molar-refractivity contribution in [2.24, 2.45) is 0 Å². The first-order chi connectivity index (χ1) is 13.0. The van der Waals surface area contributed by atoms with Crippen LogP contribution in [0.3, 0.4) is 0 Å². The number of anilines is 2. The van der Waals surface area contributed by atoms with Crippen LogP contribution in [0.5, 0.6) is 0 Å². The van der Waals surface area contributed by atoms with E-state index in [-0.39, 0.29) is 11.4 Å². The molecule has 0 unspecified atom stereocenters. The fraction of sp³-hybridized carbons (Fsp3) is 0.368. The fourth-order valence-electron chi connectivity index (χ4n) is 2.08. The number of carbonyl (C=O) groups is 3. The van der Waals surface area contributed by atoms with Gasteiger partial charge in [0.25, 0.3) is 5.91 Å². The minimum Gasteiger partial charge on any atom is -0.449 e. The molecule has 0 aliphatic rings. The van der Waals surface area contributed by atoms with E-state index >= 15 is 0 Å². The van der Waals surface area contributed by atoms with Crippen LogP contribution in [-0.4, -0.2) is 34.8 Å². The molecule has 2 aromatic rings. The lowest BCUT2D eigenvalue weighted by molar-refractivity contribution is -0.123. The van der Waals surface area contributed by atoms with E-state index in [9.17, 15) is 14.4 Å². The van der Waals surface area contributed by atoms with Gasteiger partial charge in [0.2, 0.25) is 0 Å². The number of nitrogens with zero attached hydrogens (tertiary/aromatic N) is 1. The molecule has 150 valence electrons. The Morgan fingerprint density at radius 3 is 2.46 bits per heavy atom. The highest BCUT2D eigenvalue weighted by atomic mass is 16.6. The molecule has 0 fully saturated rings. The summed E-state index contributed by atoms with van der Waals surface area (Å²) in [5, 5.41) is 8.66. The van der Waals surface area contributed by atoms with Gasteiger partial charge in [-0.15, -0.1) is 0 Å². The highest BCUT2D eigenvalue weighted by molar-refractivity contribution is 5.97. The first-order valence-corrected chi connectivity index (χ1v) is 8.59. The molecule has 0 saturated carbocycles. The smallest absolute Gasteiger partial charge is 0.412 e. The van der Waals surface area contributed by atoms with E-state index in [4.69, 9.17) is 14.0 Å². The van der Waals surface area contributed by atoms with Gasteiger partial charge in [0.05, 0.1) is 5.56 Å². The zero-order chi connectivity index (χ0) is 20.9. The number of benzene rings is 1. The standard InChI is InChI=1S/C19H23N3O6/c1-11-9-15(22-28-11)21-16(23)12(2)26-17(24)13-7-6-8-14(10-13)20-18(25)27-19(3,4)5/h6-10,12H,1-5H3,(H,20,25)(H,21,22,23)/t12-/m0/s1. The summed E-state index contributed by atoms with van der Waals surface area (Å²) < 4.78 is 15.2. The Labute approximate surface area is 162 Å². The van der Waals surface area contributed by atoms with Gasteiger partial charge in [-0.1, -0.05) is 11.2 Å². The molecule has 1 atom stereocenters. The largest absolute Gasteiger partial charge is 0.449 e. The zero-order valence-electron chi connectivity index (χ0n) is 16.4. The fourth-order valence-corrected chi connectivity index (χ4v) is 2.08. The predicted octanol–water partition coefficient (Wildman–Crippen LogP) is 3.51. The van der Waals surface area contributed by atoms with E-state index in [0.29, 0.717) is 11.4 Å². The Morgan fingerprint density at radius 2 is 1.86 bits per heavy atom. The number of aromatic nitrogens is 1. The van der Waals surface area contributed by atoms with Crippen LogP contribution < -0.4 is 10.6 Å². The maximum absolute atomic E-state index is 12.3. The number of amides is 2. The van der Waals surface area contributed by atoms with Gasteiger partial charge in [-0.25, -0.2) is 9.59 Å². The van der Waals surface area contributed by atoms with Crippen LogP contribution in [-0.2, 0) is 14.3 Å². The van der Waals surface area contributed by atoms with Crippen molar-refractivity contribution in [2.75, 3.05) is 10.6 Å². The molecule has 2 amide bonds. The van der Waals surface area contributed by atoms with Gasteiger partial charge in [-0.2, -0.15) is 0 Å². The molecule has 9 nitrogen and oxygen atoms in total. The van der Waals surface area contributed by atoms with E-state index < -0.39 is 29.7 Å². The SMILES string of the molecule is Cc1cc(NC(=O)[C@H](C)OC(=O)c2cccc(NC(=O)OC(C)(C)C)c2)no1. The molecule has 0 bridgehead atoms. The molecule has 0 aliphatic carbocycles. The van der Waals surface area contributed by atoms with E-state index in [1.807, 2.05) is 0 Å². The Hall–Kier alpha value is -3.36. The number of hydrogen-bond donors (Lipinski definition) is 2. The van der Waals surface area contributed by atoms with Crippen LogP contribution >= 0.6 is 0 Å².